The van der Waals surface area contributed by atoms with Crippen molar-refractivity contribution in [3.63, 3.8) is 0 Å². The number of fused-ring (bicyclic) bond motifs is 6. The third-order valence-electron chi connectivity index (χ3n) is 6.29. The van der Waals surface area contributed by atoms with Gasteiger partial charge in [0.15, 0.2) is 0 Å². The average molecular weight is 336 g/mol. The molecule has 5 rings (SSSR count). The largest absolute Gasteiger partial charge is 0.310 e. The zero-order valence-corrected chi connectivity index (χ0v) is 14.1. The molecular formula is C20H20N2O3. The van der Waals surface area contributed by atoms with Gasteiger partial charge in [-0.25, -0.2) is 0 Å². The number of allylic oxidation sites excluding steroid dienone is 2. The van der Waals surface area contributed by atoms with Gasteiger partial charge in [0.25, 0.3) is 0 Å². The van der Waals surface area contributed by atoms with Gasteiger partial charge in [-0.3, -0.25) is 19.3 Å². The Labute approximate surface area is 146 Å². The third-order valence-corrected chi connectivity index (χ3v) is 6.29. The molecule has 25 heavy (non-hydrogen) atoms. The maximum Gasteiger partial charge on any atom is 0.247 e. The summed E-state index contributed by atoms with van der Waals surface area (Å²) in [5.74, 6) is -0.561. The first-order valence-corrected chi connectivity index (χ1v) is 8.98. The van der Waals surface area contributed by atoms with Gasteiger partial charge < -0.3 is 4.90 Å². The molecule has 1 aromatic carbocycles. The van der Waals surface area contributed by atoms with Crippen molar-refractivity contribution in [2.45, 2.75) is 19.8 Å². The minimum atomic E-state index is -0.233. The lowest BCUT2D eigenvalue weighted by Crippen LogP contribution is -2.43. The van der Waals surface area contributed by atoms with Gasteiger partial charge in [0.2, 0.25) is 17.7 Å². The Balaban J connectivity index is 1.37. The monoisotopic (exact) mass is 336 g/mol. The first kappa shape index (κ1) is 14.9. The SMILES string of the molecule is Cc1ccc2c(c1)N(C(=O)CN1C(=O)[C@@H]3[C@@H](C1=O)[C@H]1C=C[C@H]3C1)CC2. The first-order chi connectivity index (χ1) is 12.0. The zero-order valence-electron chi connectivity index (χ0n) is 14.1. The molecule has 2 heterocycles. The Kier molecular flexibility index (Phi) is 3.00. The number of aryl methyl sites for hydroxylation is 1. The predicted octanol–water partition coefficient (Wildman–Crippen LogP) is 1.69. The first-order valence-electron chi connectivity index (χ1n) is 8.98. The quantitative estimate of drug-likeness (QED) is 0.610. The van der Waals surface area contributed by atoms with E-state index in [-0.39, 0.29) is 47.9 Å². The van der Waals surface area contributed by atoms with Gasteiger partial charge >= 0.3 is 0 Å². The number of hydrogen-bond acceptors (Lipinski definition) is 3. The van der Waals surface area contributed by atoms with Gasteiger partial charge in [0.05, 0.1) is 11.8 Å². The van der Waals surface area contributed by atoms with Crippen LogP contribution in [0.5, 0.6) is 0 Å². The Morgan fingerprint density at radius 3 is 2.48 bits per heavy atom. The number of benzene rings is 1. The maximum absolute atomic E-state index is 12.8. The Morgan fingerprint density at radius 1 is 1.12 bits per heavy atom. The molecule has 0 N–H and O–H groups in total. The number of amides is 3. The molecule has 2 fully saturated rings. The Bertz CT molecular complexity index is 813. The van der Waals surface area contributed by atoms with Crippen LogP contribution in [0.1, 0.15) is 17.5 Å². The molecule has 2 aliphatic heterocycles. The topological polar surface area (TPSA) is 57.7 Å². The van der Waals surface area contributed by atoms with E-state index in [1.54, 1.807) is 4.90 Å². The molecule has 1 aromatic rings. The molecular weight excluding hydrogens is 316 g/mol. The summed E-state index contributed by atoms with van der Waals surface area (Å²) in [7, 11) is 0. The van der Waals surface area contributed by atoms with Crippen LogP contribution in [0.4, 0.5) is 5.69 Å². The highest BCUT2D eigenvalue weighted by molar-refractivity contribution is 6.10. The lowest BCUT2D eigenvalue weighted by molar-refractivity contribution is -0.143. The lowest BCUT2D eigenvalue weighted by Gasteiger charge is -2.22. The van der Waals surface area contributed by atoms with Crippen LogP contribution in [0.25, 0.3) is 0 Å². The van der Waals surface area contributed by atoms with E-state index in [9.17, 15) is 14.4 Å². The smallest absolute Gasteiger partial charge is 0.247 e. The van der Waals surface area contributed by atoms with Gasteiger partial charge in [0.1, 0.15) is 6.54 Å². The summed E-state index contributed by atoms with van der Waals surface area (Å²) in [6.07, 6.45) is 5.87. The molecule has 4 atom stereocenters. The molecule has 1 saturated carbocycles. The summed E-state index contributed by atoms with van der Waals surface area (Å²) in [5, 5.41) is 0. The van der Waals surface area contributed by atoms with Gasteiger partial charge in [0, 0.05) is 12.2 Å². The fraction of sp³-hybridized carbons (Fsp3) is 0.450. The van der Waals surface area contributed by atoms with Crippen molar-refractivity contribution in [2.75, 3.05) is 18.0 Å². The molecule has 0 spiro atoms. The second kappa shape index (κ2) is 5.04. The Hall–Kier alpha value is -2.43. The number of likely N-dealkylation sites (tertiary alicyclic amines) is 1. The summed E-state index contributed by atoms with van der Waals surface area (Å²) < 4.78 is 0. The molecule has 2 aliphatic carbocycles. The van der Waals surface area contributed by atoms with Crippen LogP contribution in [0.2, 0.25) is 0 Å². The molecule has 128 valence electrons. The van der Waals surface area contributed by atoms with Crippen LogP contribution in [-0.2, 0) is 20.8 Å². The van der Waals surface area contributed by atoms with Gasteiger partial charge in [-0.1, -0.05) is 24.3 Å². The van der Waals surface area contributed by atoms with E-state index >= 15 is 0 Å². The van der Waals surface area contributed by atoms with Crippen LogP contribution < -0.4 is 4.90 Å². The average Bonchev–Trinajstić information content (AvgIpc) is 3.34. The molecule has 4 aliphatic rings. The van der Waals surface area contributed by atoms with Gasteiger partial charge in [-0.2, -0.15) is 0 Å². The minimum absolute atomic E-state index is 0.127. The number of carbonyl (C=O) groups excluding carboxylic acids is 3. The van der Waals surface area contributed by atoms with Gasteiger partial charge in [-0.05, 0) is 48.8 Å². The summed E-state index contributed by atoms with van der Waals surface area (Å²) in [6, 6.07) is 6.11. The number of anilines is 1. The second-order valence-corrected chi connectivity index (χ2v) is 7.69. The summed E-state index contributed by atoms with van der Waals surface area (Å²) >= 11 is 0. The molecule has 0 aromatic heterocycles. The third kappa shape index (κ3) is 1.98. The molecule has 3 amide bonds. The number of imide groups is 1. The summed E-state index contributed by atoms with van der Waals surface area (Å²) in [4.78, 5) is 41.3. The number of hydrogen-bond donors (Lipinski definition) is 0. The van der Waals surface area contributed by atoms with Crippen LogP contribution in [0, 0.1) is 30.6 Å². The standard InChI is InChI=1S/C20H20N2O3/c1-11-2-3-12-6-7-21(15(12)8-11)16(23)10-22-19(24)17-13-4-5-14(9-13)18(17)20(22)25/h2-5,8,13-14,17-18H,6-7,9-10H2,1H3/t13-,14-,17-,18-/m0/s1. The normalized spacial score (nSPS) is 31.9. The second-order valence-electron chi connectivity index (χ2n) is 7.69. The van der Waals surface area contributed by atoms with E-state index in [0.29, 0.717) is 6.54 Å². The molecule has 5 nitrogen and oxygen atoms in total. The predicted molar refractivity (Wildman–Crippen MR) is 91.7 cm³/mol. The highest BCUT2D eigenvalue weighted by atomic mass is 16.2. The van der Waals surface area contributed by atoms with E-state index in [2.05, 4.69) is 18.2 Å². The number of nitrogens with zero attached hydrogens (tertiary/aromatic N) is 2. The van der Waals surface area contributed by atoms with Crippen molar-refractivity contribution < 1.29 is 14.4 Å². The van der Waals surface area contributed by atoms with E-state index in [4.69, 9.17) is 0 Å². The molecule has 2 bridgehead atoms. The molecule has 1 saturated heterocycles. The van der Waals surface area contributed by atoms with E-state index in [0.717, 1.165) is 29.7 Å². The van der Waals surface area contributed by atoms with Crippen molar-refractivity contribution >= 4 is 23.4 Å². The van der Waals surface area contributed by atoms with Crippen molar-refractivity contribution in [1.82, 2.24) is 4.90 Å². The number of carbonyl (C=O) groups is 3. The fourth-order valence-corrected chi connectivity index (χ4v) is 5.09. The van der Waals surface area contributed by atoms with Crippen molar-refractivity contribution in [3.05, 3.63) is 41.5 Å². The van der Waals surface area contributed by atoms with Gasteiger partial charge in [-0.15, -0.1) is 0 Å². The van der Waals surface area contributed by atoms with E-state index in [1.807, 2.05) is 19.1 Å². The summed E-state index contributed by atoms with van der Waals surface area (Å²) in [6.45, 7) is 2.49. The van der Waals surface area contributed by atoms with Crippen LogP contribution in [0.15, 0.2) is 30.4 Å². The van der Waals surface area contributed by atoms with Crippen molar-refractivity contribution in [1.29, 1.82) is 0 Å². The maximum atomic E-state index is 12.8. The van der Waals surface area contributed by atoms with E-state index in [1.165, 1.54) is 4.90 Å². The fourth-order valence-electron chi connectivity index (χ4n) is 5.09. The molecule has 0 radical (unpaired) electrons. The molecule has 0 unspecified atom stereocenters. The zero-order chi connectivity index (χ0) is 17.3. The van der Waals surface area contributed by atoms with Crippen LogP contribution >= 0.6 is 0 Å². The van der Waals surface area contributed by atoms with Crippen molar-refractivity contribution in [2.24, 2.45) is 23.7 Å². The minimum Gasteiger partial charge on any atom is -0.310 e. The summed E-state index contributed by atoms with van der Waals surface area (Å²) in [5.41, 5.74) is 3.17. The highest BCUT2D eigenvalue weighted by Gasteiger charge is 2.59. The van der Waals surface area contributed by atoms with Crippen LogP contribution in [0.3, 0.4) is 0 Å². The molecule has 5 heteroatoms. The Morgan fingerprint density at radius 2 is 1.80 bits per heavy atom. The lowest BCUT2D eigenvalue weighted by atomic mass is 9.85. The highest BCUT2D eigenvalue weighted by Crippen LogP contribution is 2.52. The van der Waals surface area contributed by atoms with Crippen molar-refractivity contribution in [3.8, 4) is 0 Å². The number of rotatable bonds is 2. The van der Waals surface area contributed by atoms with E-state index < -0.39 is 0 Å². The van der Waals surface area contributed by atoms with Crippen LogP contribution in [-0.4, -0.2) is 35.7 Å².